The van der Waals surface area contributed by atoms with E-state index in [-0.39, 0.29) is 11.6 Å². The van der Waals surface area contributed by atoms with Crippen LogP contribution in [0.15, 0.2) is 24.5 Å². The summed E-state index contributed by atoms with van der Waals surface area (Å²) in [5.74, 6) is 0.573. The van der Waals surface area contributed by atoms with Crippen molar-refractivity contribution in [1.29, 1.82) is 0 Å². The van der Waals surface area contributed by atoms with Gasteiger partial charge in [-0.1, -0.05) is 0 Å². The minimum atomic E-state index is -4.63. The number of halogens is 3. The monoisotopic (exact) mass is 523 g/mol. The van der Waals surface area contributed by atoms with Crippen LogP contribution in [-0.2, 0) is 23.5 Å². The molecule has 194 valence electrons. The van der Waals surface area contributed by atoms with E-state index < -0.39 is 23.5 Å². The van der Waals surface area contributed by atoms with Crippen LogP contribution >= 0.6 is 11.3 Å². The molecule has 3 aromatic rings. The summed E-state index contributed by atoms with van der Waals surface area (Å²) in [6, 6.07) is 3.30. The maximum atomic E-state index is 13.9. The van der Waals surface area contributed by atoms with Crippen molar-refractivity contribution in [1.82, 2.24) is 29.5 Å². The Morgan fingerprint density at radius 2 is 2.00 bits per heavy atom. The lowest BCUT2D eigenvalue weighted by Crippen LogP contribution is -2.45. The number of hydrogen-bond donors (Lipinski definition) is 2. The first-order valence-corrected chi connectivity index (χ1v) is 12.5. The number of alkyl halides is 3. The molecule has 0 spiro atoms. The molecular formula is C23H28F3N7O2S. The summed E-state index contributed by atoms with van der Waals surface area (Å²) in [6.45, 7) is 8.47. The highest BCUT2D eigenvalue weighted by molar-refractivity contribution is 7.15. The van der Waals surface area contributed by atoms with Gasteiger partial charge in [0.1, 0.15) is 17.6 Å². The normalized spacial score (nSPS) is 20.6. The molecular weight excluding hydrogens is 495 g/mol. The van der Waals surface area contributed by atoms with Crippen LogP contribution in [0, 0.1) is 0 Å². The van der Waals surface area contributed by atoms with Crippen LogP contribution in [0.1, 0.15) is 36.1 Å². The Labute approximate surface area is 210 Å². The lowest BCUT2D eigenvalue weighted by molar-refractivity contribution is -0.137. The second-order valence-electron chi connectivity index (χ2n) is 9.39. The van der Waals surface area contributed by atoms with Crippen LogP contribution in [0.25, 0.3) is 10.6 Å². The Hall–Kier alpha value is -2.58. The van der Waals surface area contributed by atoms with E-state index >= 15 is 0 Å². The first-order chi connectivity index (χ1) is 17.1. The number of fused-ring (bicyclic) bond motifs is 1. The third kappa shape index (κ3) is 4.61. The third-order valence-electron chi connectivity index (χ3n) is 6.76. The van der Waals surface area contributed by atoms with Crippen LogP contribution in [0.4, 0.5) is 24.9 Å². The first-order valence-electron chi connectivity index (χ1n) is 11.6. The van der Waals surface area contributed by atoms with E-state index in [1.54, 1.807) is 25.4 Å². The number of thiophene rings is 1. The minimum absolute atomic E-state index is 0.0297. The standard InChI is InChI=1S/C23H28F3N7O2S/c1-22(2)19-14(20(34)33(22)7-6-32-8-10-35-11-9-32)12-16(36-19)18-15(23(24,25)26)13-27-21(30-18)29-17-4-5-28-31(17)3/h4-5,12-13,20,34H,6-11H2,1-3H3,(H,27,29,30). The number of nitrogens with one attached hydrogen (secondary N) is 1. The number of nitrogens with zero attached hydrogens (tertiary/aromatic N) is 6. The van der Waals surface area contributed by atoms with Crippen molar-refractivity contribution < 1.29 is 23.0 Å². The average molecular weight is 524 g/mol. The van der Waals surface area contributed by atoms with E-state index in [2.05, 4.69) is 25.3 Å². The average Bonchev–Trinajstić information content (AvgIpc) is 3.49. The summed E-state index contributed by atoms with van der Waals surface area (Å²) in [5, 5.41) is 18.1. The topological polar surface area (TPSA) is 91.6 Å². The predicted molar refractivity (Wildman–Crippen MR) is 129 cm³/mol. The molecule has 1 unspecified atom stereocenters. The van der Waals surface area contributed by atoms with Crippen LogP contribution < -0.4 is 5.32 Å². The van der Waals surface area contributed by atoms with Crippen LogP contribution in [0.3, 0.4) is 0 Å². The number of aliphatic hydroxyl groups excluding tert-OH is 1. The van der Waals surface area contributed by atoms with E-state index in [0.717, 1.165) is 30.7 Å². The van der Waals surface area contributed by atoms with Gasteiger partial charge >= 0.3 is 6.18 Å². The number of rotatable bonds is 6. The van der Waals surface area contributed by atoms with E-state index in [4.69, 9.17) is 4.74 Å². The first kappa shape index (κ1) is 25.1. The molecule has 1 fully saturated rings. The molecule has 36 heavy (non-hydrogen) atoms. The molecule has 9 nitrogen and oxygen atoms in total. The molecule has 3 aromatic heterocycles. The van der Waals surface area contributed by atoms with E-state index in [1.807, 2.05) is 18.7 Å². The zero-order chi connectivity index (χ0) is 25.7. The maximum absolute atomic E-state index is 13.9. The molecule has 0 saturated carbocycles. The molecule has 0 aliphatic carbocycles. The molecule has 0 radical (unpaired) electrons. The summed E-state index contributed by atoms with van der Waals surface area (Å²) in [4.78, 5) is 13.6. The summed E-state index contributed by atoms with van der Waals surface area (Å²) in [6.07, 6.45) is -3.19. The zero-order valence-electron chi connectivity index (χ0n) is 20.2. The van der Waals surface area contributed by atoms with Crippen molar-refractivity contribution in [2.24, 2.45) is 7.05 Å². The predicted octanol–water partition coefficient (Wildman–Crippen LogP) is 3.57. The highest BCUT2D eigenvalue weighted by Gasteiger charge is 2.46. The third-order valence-corrected chi connectivity index (χ3v) is 8.23. The number of hydrogen-bond acceptors (Lipinski definition) is 9. The van der Waals surface area contributed by atoms with Crippen molar-refractivity contribution in [2.75, 3.05) is 44.7 Å². The van der Waals surface area contributed by atoms with Gasteiger partial charge in [0, 0.05) is 55.9 Å². The van der Waals surface area contributed by atoms with Gasteiger partial charge in [0.2, 0.25) is 5.95 Å². The Morgan fingerprint density at radius 1 is 1.25 bits per heavy atom. The largest absolute Gasteiger partial charge is 0.420 e. The molecule has 0 amide bonds. The molecule has 5 rings (SSSR count). The molecule has 2 N–H and O–H groups in total. The van der Waals surface area contributed by atoms with Gasteiger partial charge in [0.05, 0.1) is 35.5 Å². The van der Waals surface area contributed by atoms with Gasteiger partial charge in [0.15, 0.2) is 0 Å². The molecule has 13 heteroatoms. The second-order valence-corrected chi connectivity index (χ2v) is 10.4. The summed E-state index contributed by atoms with van der Waals surface area (Å²) in [7, 11) is 1.70. The molecule has 1 atom stereocenters. The van der Waals surface area contributed by atoms with Gasteiger partial charge in [0.25, 0.3) is 0 Å². The molecule has 5 heterocycles. The van der Waals surface area contributed by atoms with Gasteiger partial charge in [-0.25, -0.2) is 9.97 Å². The van der Waals surface area contributed by atoms with E-state index in [0.29, 0.717) is 36.0 Å². The fraction of sp³-hybridized carbons (Fsp3) is 0.522. The number of aliphatic hydroxyl groups is 1. The SMILES string of the molecule is Cn1nccc1Nc1ncc(C(F)(F)F)c(-c2cc3c(s2)C(C)(C)N(CCN2CCOCC2)C3O)n1. The highest BCUT2D eigenvalue weighted by atomic mass is 32.1. The van der Waals surface area contributed by atoms with Gasteiger partial charge in [-0.05, 0) is 19.9 Å². The molecule has 0 aromatic carbocycles. The summed E-state index contributed by atoms with van der Waals surface area (Å²) in [5.41, 5.74) is -1.07. The zero-order valence-corrected chi connectivity index (χ0v) is 21.0. The number of anilines is 2. The Bertz CT molecular complexity index is 1240. The number of aromatic nitrogens is 4. The molecule has 2 aliphatic rings. The van der Waals surface area contributed by atoms with Crippen LogP contribution in [0.5, 0.6) is 0 Å². The molecule has 0 bridgehead atoms. The minimum Gasteiger partial charge on any atom is -0.379 e. The Kier molecular flexibility index (Phi) is 6.53. The molecule has 1 saturated heterocycles. The number of aryl methyl sites for hydroxylation is 1. The Morgan fingerprint density at radius 3 is 2.64 bits per heavy atom. The fourth-order valence-electron chi connectivity index (χ4n) is 4.72. The van der Waals surface area contributed by atoms with Crippen molar-refractivity contribution in [2.45, 2.75) is 31.8 Å². The van der Waals surface area contributed by atoms with Gasteiger partial charge in [-0.15, -0.1) is 11.3 Å². The lowest BCUT2D eigenvalue weighted by Gasteiger charge is -2.36. The maximum Gasteiger partial charge on any atom is 0.420 e. The van der Waals surface area contributed by atoms with Gasteiger partial charge in [-0.3, -0.25) is 14.5 Å². The smallest absolute Gasteiger partial charge is 0.379 e. The van der Waals surface area contributed by atoms with E-state index in [9.17, 15) is 18.3 Å². The fourth-order valence-corrected chi connectivity index (χ4v) is 6.03. The van der Waals surface area contributed by atoms with Crippen molar-refractivity contribution >= 4 is 23.1 Å². The summed E-state index contributed by atoms with van der Waals surface area (Å²) >= 11 is 1.23. The van der Waals surface area contributed by atoms with E-state index in [1.165, 1.54) is 16.0 Å². The Balaban J connectivity index is 1.45. The number of ether oxygens (including phenoxy) is 1. The second kappa shape index (κ2) is 9.38. The van der Waals surface area contributed by atoms with Gasteiger partial charge in [-0.2, -0.15) is 18.3 Å². The lowest BCUT2D eigenvalue weighted by atomic mass is 10.0. The highest BCUT2D eigenvalue weighted by Crippen LogP contribution is 2.51. The van der Waals surface area contributed by atoms with Crippen molar-refractivity contribution in [3.05, 3.63) is 40.5 Å². The van der Waals surface area contributed by atoms with Crippen LogP contribution in [-0.4, -0.2) is 74.0 Å². The van der Waals surface area contributed by atoms with Crippen molar-refractivity contribution in [3.63, 3.8) is 0 Å². The molecule has 2 aliphatic heterocycles. The van der Waals surface area contributed by atoms with Crippen molar-refractivity contribution in [3.8, 4) is 10.6 Å². The number of morpholine rings is 1. The van der Waals surface area contributed by atoms with Gasteiger partial charge < -0.3 is 15.2 Å². The quantitative estimate of drug-likeness (QED) is 0.507. The van der Waals surface area contributed by atoms with Crippen LogP contribution in [0.2, 0.25) is 0 Å². The summed E-state index contributed by atoms with van der Waals surface area (Å²) < 4.78 is 48.6.